The Morgan fingerprint density at radius 2 is 1.35 bits per heavy atom. The number of carbonyl (C=O) groups excluding carboxylic acids is 2. The third-order valence-electron chi connectivity index (χ3n) is 4.42. The summed E-state index contributed by atoms with van der Waals surface area (Å²) in [4.78, 5) is 34.8. The van der Waals surface area contributed by atoms with E-state index in [-0.39, 0.29) is 19.6 Å². The molecule has 0 radical (unpaired) electrons. The Labute approximate surface area is 181 Å². The third kappa shape index (κ3) is 10.7. The Hall–Kier alpha value is -3.55. The largest absolute Gasteiger partial charge is 0.481 e. The number of ether oxygens (including phenoxy) is 2. The van der Waals surface area contributed by atoms with Crippen molar-refractivity contribution in [3.63, 3.8) is 0 Å². The number of benzene rings is 2. The molecule has 8 nitrogen and oxygen atoms in total. The first-order valence-corrected chi connectivity index (χ1v) is 10.2. The molecule has 2 aromatic carbocycles. The van der Waals surface area contributed by atoms with E-state index in [0.717, 1.165) is 11.1 Å². The lowest BCUT2D eigenvalue weighted by molar-refractivity contribution is -0.137. The van der Waals surface area contributed by atoms with Gasteiger partial charge in [-0.15, -0.1) is 0 Å². The molecule has 2 amide bonds. The van der Waals surface area contributed by atoms with Crippen molar-refractivity contribution in [1.29, 1.82) is 0 Å². The van der Waals surface area contributed by atoms with Gasteiger partial charge in [0.05, 0.1) is 6.42 Å². The maximum Gasteiger partial charge on any atom is 0.407 e. The lowest BCUT2D eigenvalue weighted by Crippen LogP contribution is -2.37. The predicted octanol–water partition coefficient (Wildman–Crippen LogP) is 3.85. The van der Waals surface area contributed by atoms with Crippen LogP contribution in [-0.2, 0) is 27.5 Å². The fourth-order valence-corrected chi connectivity index (χ4v) is 2.85. The van der Waals surface area contributed by atoms with Crippen LogP contribution in [0.4, 0.5) is 9.59 Å². The van der Waals surface area contributed by atoms with Gasteiger partial charge in [0, 0.05) is 12.6 Å². The molecule has 0 unspecified atom stereocenters. The number of nitrogens with one attached hydrogen (secondary N) is 2. The van der Waals surface area contributed by atoms with E-state index in [9.17, 15) is 14.4 Å². The quantitative estimate of drug-likeness (QED) is 0.443. The molecule has 0 aliphatic rings. The van der Waals surface area contributed by atoms with Crippen molar-refractivity contribution in [3.05, 3.63) is 71.8 Å². The van der Waals surface area contributed by atoms with Crippen LogP contribution in [0, 0.1) is 0 Å². The van der Waals surface area contributed by atoms with E-state index in [2.05, 4.69) is 10.6 Å². The molecule has 0 fully saturated rings. The molecule has 0 aliphatic heterocycles. The molecule has 2 rings (SSSR count). The molecule has 0 spiro atoms. The second kappa shape index (κ2) is 13.6. The molecule has 31 heavy (non-hydrogen) atoms. The highest BCUT2D eigenvalue weighted by Gasteiger charge is 2.16. The third-order valence-corrected chi connectivity index (χ3v) is 4.42. The van der Waals surface area contributed by atoms with Crippen LogP contribution in [0.2, 0.25) is 0 Å². The van der Waals surface area contributed by atoms with Gasteiger partial charge in [-0.25, -0.2) is 9.59 Å². The van der Waals surface area contributed by atoms with Gasteiger partial charge in [-0.3, -0.25) is 4.79 Å². The molecule has 0 heterocycles. The fraction of sp³-hybridized carbons (Fsp3) is 0.348. The fourth-order valence-electron chi connectivity index (χ4n) is 2.85. The van der Waals surface area contributed by atoms with Crippen molar-refractivity contribution >= 4 is 18.2 Å². The Bertz CT molecular complexity index is 813. The van der Waals surface area contributed by atoms with Gasteiger partial charge in [0.1, 0.15) is 13.2 Å². The van der Waals surface area contributed by atoms with Gasteiger partial charge in [-0.1, -0.05) is 60.7 Å². The molecule has 0 aromatic heterocycles. The van der Waals surface area contributed by atoms with E-state index in [1.807, 2.05) is 60.7 Å². The van der Waals surface area contributed by atoms with Crippen LogP contribution in [0.25, 0.3) is 0 Å². The second-order valence-electron chi connectivity index (χ2n) is 6.99. The Balaban J connectivity index is 1.62. The zero-order valence-corrected chi connectivity index (χ0v) is 17.3. The standard InChI is InChI=1S/C23H28N2O6/c26-21(27)15-20(25-23(29)31-17-19-11-5-2-6-12-19)13-7-8-14-24-22(28)30-16-18-9-3-1-4-10-18/h1-6,9-12,20H,7-8,13-17H2,(H,24,28)(H,25,29)(H,26,27)/t20-/m1/s1. The zero-order valence-electron chi connectivity index (χ0n) is 17.3. The number of alkyl carbamates (subject to hydrolysis) is 2. The molecule has 0 aliphatic carbocycles. The predicted molar refractivity (Wildman–Crippen MR) is 114 cm³/mol. The van der Waals surface area contributed by atoms with Gasteiger partial charge >= 0.3 is 18.2 Å². The van der Waals surface area contributed by atoms with E-state index in [4.69, 9.17) is 14.6 Å². The van der Waals surface area contributed by atoms with Gasteiger partial charge in [-0.2, -0.15) is 0 Å². The van der Waals surface area contributed by atoms with Crippen molar-refractivity contribution in [1.82, 2.24) is 10.6 Å². The lowest BCUT2D eigenvalue weighted by Gasteiger charge is -2.17. The van der Waals surface area contributed by atoms with Crippen molar-refractivity contribution in [2.24, 2.45) is 0 Å². The van der Waals surface area contributed by atoms with Crippen LogP contribution in [0.1, 0.15) is 36.8 Å². The van der Waals surface area contributed by atoms with Crippen molar-refractivity contribution in [3.8, 4) is 0 Å². The first kappa shape index (κ1) is 23.7. The first-order valence-electron chi connectivity index (χ1n) is 10.2. The van der Waals surface area contributed by atoms with Crippen molar-refractivity contribution in [2.75, 3.05) is 6.54 Å². The summed E-state index contributed by atoms with van der Waals surface area (Å²) in [6, 6.07) is 18.0. The molecule has 3 N–H and O–H groups in total. The van der Waals surface area contributed by atoms with Gasteiger partial charge in [-0.05, 0) is 30.4 Å². The summed E-state index contributed by atoms with van der Waals surface area (Å²) in [5.74, 6) is -1.00. The number of carbonyl (C=O) groups is 3. The smallest absolute Gasteiger partial charge is 0.407 e. The number of hydrogen-bond donors (Lipinski definition) is 3. The average Bonchev–Trinajstić information content (AvgIpc) is 2.77. The summed E-state index contributed by atoms with van der Waals surface area (Å²) in [5, 5.41) is 14.3. The highest BCUT2D eigenvalue weighted by molar-refractivity contribution is 5.71. The van der Waals surface area contributed by atoms with E-state index in [1.165, 1.54) is 0 Å². The normalized spacial score (nSPS) is 11.2. The molecule has 2 aromatic rings. The average molecular weight is 428 g/mol. The number of aliphatic carboxylic acids is 1. The summed E-state index contributed by atoms with van der Waals surface area (Å²) < 4.78 is 10.3. The highest BCUT2D eigenvalue weighted by atomic mass is 16.6. The zero-order chi connectivity index (χ0) is 22.3. The number of carboxylic acid groups (broad SMARTS) is 1. The van der Waals surface area contributed by atoms with Crippen LogP contribution in [-0.4, -0.2) is 35.8 Å². The number of carboxylic acids is 1. The summed E-state index contributed by atoms with van der Waals surface area (Å²) >= 11 is 0. The molecule has 166 valence electrons. The number of rotatable bonds is 12. The van der Waals surface area contributed by atoms with Gasteiger partial charge in [0.2, 0.25) is 0 Å². The van der Waals surface area contributed by atoms with Crippen LogP contribution >= 0.6 is 0 Å². The van der Waals surface area contributed by atoms with Gasteiger partial charge in [0.15, 0.2) is 0 Å². The number of hydrogen-bond acceptors (Lipinski definition) is 5. The molecular weight excluding hydrogens is 400 g/mol. The van der Waals surface area contributed by atoms with Crippen LogP contribution in [0.15, 0.2) is 60.7 Å². The SMILES string of the molecule is O=C(O)C[C@@H](CCCCNC(=O)OCc1ccccc1)NC(=O)OCc1ccccc1. The van der Waals surface area contributed by atoms with E-state index in [0.29, 0.717) is 25.8 Å². The van der Waals surface area contributed by atoms with E-state index >= 15 is 0 Å². The van der Waals surface area contributed by atoms with Crippen LogP contribution in [0.3, 0.4) is 0 Å². The van der Waals surface area contributed by atoms with E-state index in [1.54, 1.807) is 0 Å². The maximum absolute atomic E-state index is 12.0. The second-order valence-corrected chi connectivity index (χ2v) is 6.99. The summed E-state index contributed by atoms with van der Waals surface area (Å²) in [6.07, 6.45) is 0.333. The van der Waals surface area contributed by atoms with Crippen molar-refractivity contribution in [2.45, 2.75) is 44.9 Å². The van der Waals surface area contributed by atoms with Crippen molar-refractivity contribution < 1.29 is 29.0 Å². The van der Waals surface area contributed by atoms with Gasteiger partial charge in [0.25, 0.3) is 0 Å². The minimum absolute atomic E-state index is 0.113. The molecule has 8 heteroatoms. The number of amides is 2. The maximum atomic E-state index is 12.0. The lowest BCUT2D eigenvalue weighted by atomic mass is 10.1. The molecule has 0 bridgehead atoms. The summed E-state index contributed by atoms with van der Waals surface area (Å²) in [7, 11) is 0. The Morgan fingerprint density at radius 3 is 1.90 bits per heavy atom. The minimum Gasteiger partial charge on any atom is -0.481 e. The summed E-state index contributed by atoms with van der Waals surface area (Å²) in [5.41, 5.74) is 1.75. The highest BCUT2D eigenvalue weighted by Crippen LogP contribution is 2.07. The monoisotopic (exact) mass is 428 g/mol. The Morgan fingerprint density at radius 1 is 0.806 bits per heavy atom. The Kier molecular flexibility index (Phi) is 10.4. The topological polar surface area (TPSA) is 114 Å². The molecule has 0 saturated heterocycles. The first-order chi connectivity index (χ1) is 15.0. The molecular formula is C23H28N2O6. The molecule has 0 saturated carbocycles. The van der Waals surface area contributed by atoms with Crippen LogP contribution in [0.5, 0.6) is 0 Å². The molecule has 1 atom stereocenters. The summed E-state index contributed by atoms with van der Waals surface area (Å²) in [6.45, 7) is 0.704. The van der Waals surface area contributed by atoms with Gasteiger partial charge < -0.3 is 25.2 Å². The number of unbranched alkanes of at least 4 members (excludes halogenated alkanes) is 1. The van der Waals surface area contributed by atoms with Crippen LogP contribution < -0.4 is 10.6 Å². The van der Waals surface area contributed by atoms with E-state index < -0.39 is 24.2 Å². The minimum atomic E-state index is -1.00.